The number of amides is 1. The molecule has 0 radical (unpaired) electrons. The maximum atomic E-state index is 12.5. The second-order valence-electron chi connectivity index (χ2n) is 4.82. The summed E-state index contributed by atoms with van der Waals surface area (Å²) in [5, 5.41) is 0. The number of nitrogen functional groups attached to an aromatic ring is 1. The van der Waals surface area contributed by atoms with Crippen LogP contribution in [0, 0.1) is 0 Å². The Bertz CT molecular complexity index is 640. The van der Waals surface area contributed by atoms with Crippen LogP contribution in [0.3, 0.4) is 0 Å². The van der Waals surface area contributed by atoms with Gasteiger partial charge in [-0.05, 0) is 29.8 Å². The van der Waals surface area contributed by atoms with Gasteiger partial charge in [-0.3, -0.25) is 4.79 Å². The van der Waals surface area contributed by atoms with Crippen LogP contribution in [-0.4, -0.2) is 24.0 Å². The summed E-state index contributed by atoms with van der Waals surface area (Å²) in [6.45, 7) is 1.62. The number of hydrogen-bond donors (Lipinski definition) is 1. The number of ether oxygens (including phenoxy) is 1. The Morgan fingerprint density at radius 2 is 2.00 bits per heavy atom. The van der Waals surface area contributed by atoms with Crippen molar-refractivity contribution in [3.05, 3.63) is 59.7 Å². The van der Waals surface area contributed by atoms with Crippen LogP contribution < -0.4 is 10.5 Å². The molecule has 102 valence electrons. The van der Waals surface area contributed by atoms with Crippen molar-refractivity contribution in [3.63, 3.8) is 0 Å². The van der Waals surface area contributed by atoms with Crippen LogP contribution in [0.15, 0.2) is 48.5 Å². The Kier molecular flexibility index (Phi) is 3.29. The number of nitrogens with zero attached hydrogens (tertiary/aromatic N) is 1. The number of hydrogen-bond acceptors (Lipinski definition) is 3. The van der Waals surface area contributed by atoms with Gasteiger partial charge in [-0.1, -0.05) is 24.3 Å². The van der Waals surface area contributed by atoms with E-state index < -0.39 is 0 Å². The zero-order valence-electron chi connectivity index (χ0n) is 11.1. The molecule has 1 amide bonds. The van der Waals surface area contributed by atoms with Crippen molar-refractivity contribution < 1.29 is 9.53 Å². The monoisotopic (exact) mass is 268 g/mol. The third-order valence-electron chi connectivity index (χ3n) is 3.35. The highest BCUT2D eigenvalue weighted by Crippen LogP contribution is 2.23. The minimum absolute atomic E-state index is 0.000486. The highest BCUT2D eigenvalue weighted by Gasteiger charge is 2.22. The number of carbonyl (C=O) groups excluding carboxylic acids is 1. The van der Waals surface area contributed by atoms with E-state index in [1.807, 2.05) is 42.5 Å². The maximum absolute atomic E-state index is 12.5. The molecule has 0 fully saturated rings. The van der Waals surface area contributed by atoms with E-state index >= 15 is 0 Å². The predicted octanol–water partition coefficient (Wildman–Crippen LogP) is 2.30. The lowest BCUT2D eigenvalue weighted by molar-refractivity contribution is 0.0743. The van der Waals surface area contributed by atoms with Gasteiger partial charge in [0.25, 0.3) is 5.91 Å². The number of rotatable bonds is 2. The van der Waals surface area contributed by atoms with Crippen molar-refractivity contribution in [2.45, 2.75) is 6.54 Å². The molecule has 1 aliphatic heterocycles. The quantitative estimate of drug-likeness (QED) is 0.850. The second kappa shape index (κ2) is 5.25. The second-order valence-corrected chi connectivity index (χ2v) is 4.82. The normalized spacial score (nSPS) is 14.4. The first-order valence-electron chi connectivity index (χ1n) is 6.59. The summed E-state index contributed by atoms with van der Waals surface area (Å²) >= 11 is 0. The fraction of sp³-hybridized carbons (Fsp3) is 0.188. The topological polar surface area (TPSA) is 55.6 Å². The highest BCUT2D eigenvalue weighted by molar-refractivity contribution is 5.97. The summed E-state index contributed by atoms with van der Waals surface area (Å²) in [6.07, 6.45) is 0. The molecular weight excluding hydrogens is 252 g/mol. The fourth-order valence-electron chi connectivity index (χ4n) is 2.37. The molecule has 0 aliphatic carbocycles. The smallest absolute Gasteiger partial charge is 0.258 e. The zero-order valence-corrected chi connectivity index (χ0v) is 11.1. The van der Waals surface area contributed by atoms with Gasteiger partial charge in [0.2, 0.25) is 0 Å². The molecule has 4 heteroatoms. The Labute approximate surface area is 117 Å². The van der Waals surface area contributed by atoms with Crippen LogP contribution in [-0.2, 0) is 6.54 Å². The minimum Gasteiger partial charge on any atom is -0.491 e. The van der Waals surface area contributed by atoms with Crippen LogP contribution in [0.5, 0.6) is 5.75 Å². The lowest BCUT2D eigenvalue weighted by atomic mass is 10.1. The van der Waals surface area contributed by atoms with Crippen molar-refractivity contribution in [1.29, 1.82) is 0 Å². The fourth-order valence-corrected chi connectivity index (χ4v) is 2.37. The van der Waals surface area contributed by atoms with Crippen LogP contribution in [0.1, 0.15) is 15.9 Å². The van der Waals surface area contributed by atoms with E-state index in [1.54, 1.807) is 11.0 Å². The number of fused-ring (bicyclic) bond motifs is 1. The molecule has 1 heterocycles. The first kappa shape index (κ1) is 12.5. The third kappa shape index (κ3) is 2.45. The zero-order chi connectivity index (χ0) is 13.9. The van der Waals surface area contributed by atoms with Gasteiger partial charge in [0, 0.05) is 12.2 Å². The molecule has 0 bridgehead atoms. The molecule has 3 rings (SSSR count). The Balaban J connectivity index is 1.86. The third-order valence-corrected chi connectivity index (χ3v) is 3.35. The molecule has 0 spiro atoms. The van der Waals surface area contributed by atoms with E-state index in [2.05, 4.69) is 0 Å². The van der Waals surface area contributed by atoms with E-state index in [1.165, 1.54) is 0 Å². The van der Waals surface area contributed by atoms with Gasteiger partial charge < -0.3 is 15.4 Å². The molecule has 0 unspecified atom stereocenters. The van der Waals surface area contributed by atoms with Crippen molar-refractivity contribution in [1.82, 2.24) is 4.90 Å². The lowest BCUT2D eigenvalue weighted by Crippen LogP contribution is -2.31. The summed E-state index contributed by atoms with van der Waals surface area (Å²) in [5.74, 6) is 0.660. The van der Waals surface area contributed by atoms with Gasteiger partial charge in [0.05, 0.1) is 12.1 Å². The number of benzene rings is 2. The van der Waals surface area contributed by atoms with E-state index in [0.717, 1.165) is 5.56 Å². The molecular formula is C16H16N2O2. The van der Waals surface area contributed by atoms with E-state index in [-0.39, 0.29) is 5.91 Å². The average molecular weight is 268 g/mol. The summed E-state index contributed by atoms with van der Waals surface area (Å²) in [7, 11) is 0. The van der Waals surface area contributed by atoms with Crippen molar-refractivity contribution >= 4 is 11.6 Å². The Morgan fingerprint density at radius 1 is 1.15 bits per heavy atom. The van der Waals surface area contributed by atoms with Crippen molar-refractivity contribution in [3.8, 4) is 5.75 Å². The lowest BCUT2D eigenvalue weighted by Gasteiger charge is -2.20. The van der Waals surface area contributed by atoms with Gasteiger partial charge in [0.15, 0.2) is 0 Å². The highest BCUT2D eigenvalue weighted by atomic mass is 16.5. The summed E-state index contributed by atoms with van der Waals surface area (Å²) < 4.78 is 5.62. The van der Waals surface area contributed by atoms with Gasteiger partial charge >= 0.3 is 0 Å². The van der Waals surface area contributed by atoms with Gasteiger partial charge in [0.1, 0.15) is 12.4 Å². The molecule has 4 nitrogen and oxygen atoms in total. The van der Waals surface area contributed by atoms with Crippen molar-refractivity contribution in [2.24, 2.45) is 0 Å². The molecule has 0 aromatic heterocycles. The van der Waals surface area contributed by atoms with Crippen LogP contribution in [0.2, 0.25) is 0 Å². The molecule has 2 aromatic carbocycles. The standard InChI is InChI=1S/C16H16N2O2/c17-13-5-3-4-12(10-13)11-18-8-9-20-15-7-2-1-6-14(15)16(18)19/h1-7,10H,8-9,11,17H2. The molecule has 0 saturated heterocycles. The maximum Gasteiger partial charge on any atom is 0.258 e. The van der Waals surface area contributed by atoms with E-state index in [0.29, 0.717) is 36.7 Å². The number of anilines is 1. The van der Waals surface area contributed by atoms with Gasteiger partial charge in [-0.2, -0.15) is 0 Å². The Hall–Kier alpha value is -2.49. The molecule has 2 N–H and O–H groups in total. The number of para-hydroxylation sites is 1. The largest absolute Gasteiger partial charge is 0.491 e. The predicted molar refractivity (Wildman–Crippen MR) is 77.5 cm³/mol. The summed E-state index contributed by atoms with van der Waals surface area (Å²) in [5.41, 5.74) is 8.13. The molecule has 0 saturated carbocycles. The number of carbonyl (C=O) groups is 1. The molecule has 20 heavy (non-hydrogen) atoms. The van der Waals surface area contributed by atoms with Crippen LogP contribution in [0.4, 0.5) is 5.69 Å². The SMILES string of the molecule is Nc1cccc(CN2CCOc3ccccc3C2=O)c1. The van der Waals surface area contributed by atoms with Crippen LogP contribution >= 0.6 is 0 Å². The van der Waals surface area contributed by atoms with E-state index in [9.17, 15) is 4.79 Å². The average Bonchev–Trinajstić information content (AvgIpc) is 2.60. The Morgan fingerprint density at radius 3 is 2.85 bits per heavy atom. The van der Waals surface area contributed by atoms with Gasteiger partial charge in [-0.15, -0.1) is 0 Å². The van der Waals surface area contributed by atoms with Gasteiger partial charge in [-0.25, -0.2) is 0 Å². The molecule has 0 atom stereocenters. The van der Waals surface area contributed by atoms with Crippen molar-refractivity contribution in [2.75, 3.05) is 18.9 Å². The molecule has 2 aromatic rings. The minimum atomic E-state index is 0.000486. The summed E-state index contributed by atoms with van der Waals surface area (Å²) in [6, 6.07) is 15.0. The van der Waals surface area contributed by atoms with E-state index in [4.69, 9.17) is 10.5 Å². The summed E-state index contributed by atoms with van der Waals surface area (Å²) in [4.78, 5) is 14.3. The molecule has 1 aliphatic rings. The first-order chi connectivity index (χ1) is 9.74. The van der Waals surface area contributed by atoms with Crippen LogP contribution in [0.25, 0.3) is 0 Å². The number of nitrogens with two attached hydrogens (primary N) is 1. The first-order valence-corrected chi connectivity index (χ1v) is 6.59.